The molecular formula is C12H19NO2. The van der Waals surface area contributed by atoms with Gasteiger partial charge in [-0.2, -0.15) is 0 Å². The van der Waals surface area contributed by atoms with Crippen molar-refractivity contribution in [1.29, 1.82) is 0 Å². The molecule has 0 bridgehead atoms. The Morgan fingerprint density at radius 3 is 2.27 bits per heavy atom. The molecule has 0 aliphatic carbocycles. The number of hydrogen-bond acceptors (Lipinski definition) is 3. The van der Waals surface area contributed by atoms with Gasteiger partial charge in [0, 0.05) is 6.04 Å². The summed E-state index contributed by atoms with van der Waals surface area (Å²) in [6.07, 6.45) is 0.139. The van der Waals surface area contributed by atoms with Crippen molar-refractivity contribution in [2.24, 2.45) is 5.73 Å². The molecule has 0 saturated carbocycles. The maximum absolute atomic E-state index is 5.79. The van der Waals surface area contributed by atoms with Crippen LogP contribution in [0.2, 0.25) is 0 Å². The molecule has 2 N–H and O–H groups in total. The van der Waals surface area contributed by atoms with E-state index in [1.54, 1.807) is 7.11 Å². The lowest BCUT2D eigenvalue weighted by atomic mass is 10.1. The molecule has 0 radical (unpaired) electrons. The van der Waals surface area contributed by atoms with E-state index in [0.717, 1.165) is 17.1 Å². The van der Waals surface area contributed by atoms with Crippen molar-refractivity contribution < 1.29 is 9.47 Å². The van der Waals surface area contributed by atoms with Crippen LogP contribution >= 0.6 is 0 Å². The lowest BCUT2D eigenvalue weighted by Crippen LogP contribution is -2.08. The van der Waals surface area contributed by atoms with Crippen LogP contribution in [-0.4, -0.2) is 13.2 Å². The van der Waals surface area contributed by atoms with Gasteiger partial charge in [0.1, 0.15) is 0 Å². The number of methoxy groups -OCH3 is 1. The molecule has 0 fully saturated rings. The van der Waals surface area contributed by atoms with E-state index in [1.165, 1.54) is 0 Å². The highest BCUT2D eigenvalue weighted by atomic mass is 16.5. The summed E-state index contributed by atoms with van der Waals surface area (Å²) in [6.45, 7) is 5.91. The molecule has 1 rings (SSSR count). The monoisotopic (exact) mass is 209 g/mol. The summed E-state index contributed by atoms with van der Waals surface area (Å²) in [4.78, 5) is 0. The molecule has 0 spiro atoms. The van der Waals surface area contributed by atoms with E-state index in [4.69, 9.17) is 15.2 Å². The third kappa shape index (κ3) is 3.13. The number of nitrogens with two attached hydrogens (primary N) is 1. The predicted molar refractivity (Wildman–Crippen MR) is 61.4 cm³/mol. The van der Waals surface area contributed by atoms with Crippen molar-refractivity contribution in [3.05, 3.63) is 23.8 Å². The van der Waals surface area contributed by atoms with Crippen LogP contribution in [0.15, 0.2) is 18.2 Å². The van der Waals surface area contributed by atoms with Crippen molar-refractivity contribution in [2.75, 3.05) is 7.11 Å². The van der Waals surface area contributed by atoms with Gasteiger partial charge in [-0.25, -0.2) is 0 Å². The molecule has 0 aromatic heterocycles. The Morgan fingerprint density at radius 1 is 1.13 bits per heavy atom. The second kappa shape index (κ2) is 5.03. The van der Waals surface area contributed by atoms with E-state index in [-0.39, 0.29) is 12.1 Å². The smallest absolute Gasteiger partial charge is 0.161 e. The first kappa shape index (κ1) is 11.9. The van der Waals surface area contributed by atoms with Crippen LogP contribution in [0.1, 0.15) is 32.4 Å². The van der Waals surface area contributed by atoms with Crippen molar-refractivity contribution in [3.8, 4) is 11.5 Å². The van der Waals surface area contributed by atoms with Crippen LogP contribution in [0.4, 0.5) is 0 Å². The summed E-state index contributed by atoms with van der Waals surface area (Å²) in [7, 11) is 1.63. The lowest BCUT2D eigenvalue weighted by molar-refractivity contribution is 0.230. The highest BCUT2D eigenvalue weighted by Crippen LogP contribution is 2.30. The van der Waals surface area contributed by atoms with Gasteiger partial charge in [0.15, 0.2) is 11.5 Å². The zero-order valence-corrected chi connectivity index (χ0v) is 9.78. The van der Waals surface area contributed by atoms with E-state index < -0.39 is 0 Å². The molecule has 0 unspecified atom stereocenters. The van der Waals surface area contributed by atoms with Gasteiger partial charge in [-0.1, -0.05) is 6.07 Å². The van der Waals surface area contributed by atoms with Gasteiger partial charge >= 0.3 is 0 Å². The molecule has 3 nitrogen and oxygen atoms in total. The van der Waals surface area contributed by atoms with Crippen LogP contribution in [0, 0.1) is 0 Å². The van der Waals surface area contributed by atoms with Crippen LogP contribution < -0.4 is 15.2 Å². The molecule has 84 valence electrons. The maximum atomic E-state index is 5.79. The maximum Gasteiger partial charge on any atom is 0.161 e. The first-order chi connectivity index (χ1) is 7.04. The average molecular weight is 209 g/mol. The Hall–Kier alpha value is -1.22. The molecule has 0 aliphatic heterocycles. The molecule has 15 heavy (non-hydrogen) atoms. The summed E-state index contributed by atoms with van der Waals surface area (Å²) < 4.78 is 10.9. The predicted octanol–water partition coefficient (Wildman–Crippen LogP) is 2.50. The minimum absolute atomic E-state index is 0.00648. The Bertz CT molecular complexity index is 321. The molecule has 3 heteroatoms. The Morgan fingerprint density at radius 2 is 1.80 bits per heavy atom. The summed E-state index contributed by atoms with van der Waals surface area (Å²) in [6, 6.07) is 5.79. The van der Waals surface area contributed by atoms with E-state index in [9.17, 15) is 0 Å². The topological polar surface area (TPSA) is 44.5 Å². The largest absolute Gasteiger partial charge is 0.493 e. The minimum Gasteiger partial charge on any atom is -0.493 e. The summed E-state index contributed by atoms with van der Waals surface area (Å²) in [5.74, 6) is 1.50. The number of ether oxygens (including phenoxy) is 2. The van der Waals surface area contributed by atoms with E-state index in [2.05, 4.69) is 0 Å². The molecule has 1 atom stereocenters. The quantitative estimate of drug-likeness (QED) is 0.828. The van der Waals surface area contributed by atoms with Gasteiger partial charge in [0.25, 0.3) is 0 Å². The Kier molecular flexibility index (Phi) is 3.97. The molecule has 0 aliphatic rings. The fraction of sp³-hybridized carbons (Fsp3) is 0.500. The van der Waals surface area contributed by atoms with Gasteiger partial charge < -0.3 is 15.2 Å². The Balaban J connectivity index is 2.98. The molecular weight excluding hydrogens is 190 g/mol. The van der Waals surface area contributed by atoms with Crippen LogP contribution in [0.3, 0.4) is 0 Å². The molecule has 1 aromatic rings. The van der Waals surface area contributed by atoms with Gasteiger partial charge in [-0.3, -0.25) is 0 Å². The molecule has 0 amide bonds. The molecule has 0 heterocycles. The van der Waals surface area contributed by atoms with Gasteiger partial charge in [0.05, 0.1) is 13.2 Å². The van der Waals surface area contributed by atoms with Crippen molar-refractivity contribution in [3.63, 3.8) is 0 Å². The van der Waals surface area contributed by atoms with Crippen molar-refractivity contribution >= 4 is 0 Å². The van der Waals surface area contributed by atoms with E-state index >= 15 is 0 Å². The zero-order chi connectivity index (χ0) is 11.4. The highest BCUT2D eigenvalue weighted by Gasteiger charge is 2.08. The second-order valence-electron chi connectivity index (χ2n) is 3.87. The summed E-state index contributed by atoms with van der Waals surface area (Å²) in [5.41, 5.74) is 6.84. The van der Waals surface area contributed by atoms with E-state index in [1.807, 2.05) is 39.0 Å². The van der Waals surface area contributed by atoms with Gasteiger partial charge in [0.2, 0.25) is 0 Å². The summed E-state index contributed by atoms with van der Waals surface area (Å²) >= 11 is 0. The normalized spacial score (nSPS) is 12.7. The van der Waals surface area contributed by atoms with Crippen LogP contribution in [0.25, 0.3) is 0 Å². The van der Waals surface area contributed by atoms with Crippen LogP contribution in [0.5, 0.6) is 11.5 Å². The fourth-order valence-electron chi connectivity index (χ4n) is 1.32. The standard InChI is InChI=1S/C12H19NO2/c1-8(2)15-11-6-5-10(9(3)13)7-12(11)14-4/h5-9H,13H2,1-4H3/t9-/m0/s1. The Labute approximate surface area is 91.2 Å². The SMILES string of the molecule is COc1cc([C@H](C)N)ccc1OC(C)C. The van der Waals surface area contributed by atoms with Crippen molar-refractivity contribution in [2.45, 2.75) is 32.9 Å². The van der Waals surface area contributed by atoms with Gasteiger partial charge in [-0.05, 0) is 38.5 Å². The zero-order valence-electron chi connectivity index (χ0n) is 9.78. The highest BCUT2D eigenvalue weighted by molar-refractivity contribution is 5.43. The fourth-order valence-corrected chi connectivity index (χ4v) is 1.32. The molecule has 1 aromatic carbocycles. The molecule has 0 saturated heterocycles. The lowest BCUT2D eigenvalue weighted by Gasteiger charge is -2.15. The van der Waals surface area contributed by atoms with Crippen molar-refractivity contribution in [1.82, 2.24) is 0 Å². The minimum atomic E-state index is 0.00648. The first-order valence-electron chi connectivity index (χ1n) is 5.14. The third-order valence-electron chi connectivity index (χ3n) is 2.08. The van der Waals surface area contributed by atoms with Crippen LogP contribution in [-0.2, 0) is 0 Å². The third-order valence-corrected chi connectivity index (χ3v) is 2.08. The number of rotatable bonds is 4. The van der Waals surface area contributed by atoms with E-state index in [0.29, 0.717) is 0 Å². The average Bonchev–Trinajstić information content (AvgIpc) is 2.17. The summed E-state index contributed by atoms with van der Waals surface area (Å²) in [5, 5.41) is 0. The second-order valence-corrected chi connectivity index (χ2v) is 3.87. The number of benzene rings is 1. The van der Waals surface area contributed by atoms with Gasteiger partial charge in [-0.15, -0.1) is 0 Å². The number of hydrogen-bond donors (Lipinski definition) is 1. The first-order valence-corrected chi connectivity index (χ1v) is 5.14.